The van der Waals surface area contributed by atoms with Crippen molar-refractivity contribution < 1.29 is 9.59 Å². The Hall–Kier alpha value is -1.75. The topological polar surface area (TPSA) is 58.2 Å². The van der Waals surface area contributed by atoms with Crippen LogP contribution >= 0.6 is 11.8 Å². The fourth-order valence-corrected chi connectivity index (χ4v) is 2.86. The third-order valence-corrected chi connectivity index (χ3v) is 3.83. The van der Waals surface area contributed by atoms with Crippen LogP contribution in [0.1, 0.15) is 32.8 Å². The first kappa shape index (κ1) is 18.3. The number of hydrogen-bond acceptors (Lipinski definition) is 3. The van der Waals surface area contributed by atoms with Gasteiger partial charge in [0.1, 0.15) is 0 Å². The zero-order valence-corrected chi connectivity index (χ0v) is 14.5. The van der Waals surface area contributed by atoms with Crippen molar-refractivity contribution in [3.05, 3.63) is 36.4 Å². The highest BCUT2D eigenvalue weighted by Crippen LogP contribution is 2.33. The first-order chi connectivity index (χ1) is 10.2. The largest absolute Gasteiger partial charge is 0.352 e. The molecule has 5 heteroatoms. The number of nitrogens with one attached hydrogen (secondary N) is 2. The van der Waals surface area contributed by atoms with Crippen LogP contribution in [-0.2, 0) is 9.59 Å². The van der Waals surface area contributed by atoms with E-state index in [9.17, 15) is 9.59 Å². The van der Waals surface area contributed by atoms with Crippen LogP contribution in [0, 0.1) is 6.92 Å². The molecule has 0 spiro atoms. The summed E-state index contributed by atoms with van der Waals surface area (Å²) >= 11 is 1.79. The summed E-state index contributed by atoms with van der Waals surface area (Å²) < 4.78 is 0.153. The fraction of sp³-hybridized carbons (Fsp3) is 0.412. The molecule has 0 bridgehead atoms. The van der Waals surface area contributed by atoms with Crippen molar-refractivity contribution in [2.75, 3.05) is 11.9 Å². The van der Waals surface area contributed by atoms with Gasteiger partial charge in [-0.2, -0.15) is 0 Å². The lowest BCUT2D eigenvalue weighted by molar-refractivity contribution is -0.117. The number of anilines is 1. The molecule has 0 aliphatic heterocycles. The third-order valence-electron chi connectivity index (χ3n) is 2.73. The Balaban J connectivity index is 2.57. The minimum absolute atomic E-state index is 0.122. The van der Waals surface area contributed by atoms with E-state index in [0.29, 0.717) is 6.54 Å². The molecule has 0 unspecified atom stereocenters. The Morgan fingerprint density at radius 1 is 1.32 bits per heavy atom. The molecule has 0 aliphatic carbocycles. The molecule has 0 heterocycles. The maximum atomic E-state index is 11.9. The molecule has 0 atom stereocenters. The molecular formula is C17H24N2O2S. The van der Waals surface area contributed by atoms with E-state index in [1.165, 1.54) is 11.0 Å². The van der Waals surface area contributed by atoms with Gasteiger partial charge in [0.2, 0.25) is 11.8 Å². The van der Waals surface area contributed by atoms with E-state index in [0.717, 1.165) is 11.3 Å². The zero-order chi connectivity index (χ0) is 16.8. The van der Waals surface area contributed by atoms with Crippen molar-refractivity contribution in [1.29, 1.82) is 0 Å². The van der Waals surface area contributed by atoms with Crippen molar-refractivity contribution >= 4 is 29.3 Å². The lowest BCUT2D eigenvalue weighted by atomic mass is 10.2. The smallest absolute Gasteiger partial charge is 0.243 e. The van der Waals surface area contributed by atoms with E-state index in [2.05, 4.69) is 44.1 Å². The number of carbonyl (C=O) groups excluding carboxylic acids is 2. The van der Waals surface area contributed by atoms with E-state index in [-0.39, 0.29) is 23.0 Å². The van der Waals surface area contributed by atoms with E-state index in [1.807, 2.05) is 19.1 Å². The predicted molar refractivity (Wildman–Crippen MR) is 93.2 cm³/mol. The summed E-state index contributed by atoms with van der Waals surface area (Å²) in [5, 5.41) is 5.44. The number of amides is 2. The lowest BCUT2D eigenvalue weighted by Crippen LogP contribution is -2.26. The molecule has 0 aromatic heterocycles. The van der Waals surface area contributed by atoms with E-state index in [1.54, 1.807) is 11.8 Å². The minimum Gasteiger partial charge on any atom is -0.352 e. The third kappa shape index (κ3) is 6.80. The molecule has 1 aromatic carbocycles. The summed E-state index contributed by atoms with van der Waals surface area (Å²) in [6.07, 6.45) is 1.42. The number of rotatable bonds is 6. The van der Waals surface area contributed by atoms with Gasteiger partial charge < -0.3 is 10.6 Å². The van der Waals surface area contributed by atoms with Crippen LogP contribution in [0.3, 0.4) is 0 Å². The van der Waals surface area contributed by atoms with Crippen LogP contribution < -0.4 is 10.6 Å². The molecule has 120 valence electrons. The van der Waals surface area contributed by atoms with Crippen LogP contribution in [0.5, 0.6) is 0 Å². The molecule has 22 heavy (non-hydrogen) atoms. The summed E-state index contributed by atoms with van der Waals surface area (Å²) in [5.74, 6) is -0.392. The molecule has 2 N–H and O–H groups in total. The second-order valence-electron chi connectivity index (χ2n) is 5.98. The summed E-state index contributed by atoms with van der Waals surface area (Å²) in [6, 6.07) is 6.01. The quantitative estimate of drug-likeness (QED) is 0.623. The monoisotopic (exact) mass is 320 g/mol. The fourth-order valence-electron chi connectivity index (χ4n) is 1.78. The number of hydrogen-bond donors (Lipinski definition) is 2. The molecule has 0 radical (unpaired) electrons. The molecule has 0 saturated carbocycles. The van der Waals surface area contributed by atoms with Gasteiger partial charge in [-0.25, -0.2) is 0 Å². The summed E-state index contributed by atoms with van der Waals surface area (Å²) in [7, 11) is 0. The molecular weight excluding hydrogens is 296 g/mol. The van der Waals surface area contributed by atoms with Gasteiger partial charge in [0.25, 0.3) is 0 Å². The maximum absolute atomic E-state index is 11.9. The summed E-state index contributed by atoms with van der Waals surface area (Å²) in [5.41, 5.74) is 1.83. The lowest BCUT2D eigenvalue weighted by Gasteiger charge is -2.18. The van der Waals surface area contributed by atoms with Crippen molar-refractivity contribution in [3.8, 4) is 0 Å². The molecule has 4 nitrogen and oxygen atoms in total. The van der Waals surface area contributed by atoms with Gasteiger partial charge in [-0.15, -0.1) is 11.8 Å². The highest BCUT2D eigenvalue weighted by Gasteiger charge is 2.13. The first-order valence-electron chi connectivity index (χ1n) is 7.21. The Morgan fingerprint density at radius 2 is 2.00 bits per heavy atom. The van der Waals surface area contributed by atoms with E-state index < -0.39 is 0 Å². The van der Waals surface area contributed by atoms with Crippen molar-refractivity contribution in [1.82, 2.24) is 5.32 Å². The molecule has 0 fully saturated rings. The van der Waals surface area contributed by atoms with Crippen molar-refractivity contribution in [3.63, 3.8) is 0 Å². The highest BCUT2D eigenvalue weighted by atomic mass is 32.2. The second-order valence-corrected chi connectivity index (χ2v) is 7.88. The van der Waals surface area contributed by atoms with Crippen molar-refractivity contribution in [2.24, 2.45) is 0 Å². The predicted octanol–water partition coefficient (Wildman–Crippen LogP) is 3.52. The Morgan fingerprint density at radius 3 is 2.55 bits per heavy atom. The van der Waals surface area contributed by atoms with Crippen LogP contribution in [-0.4, -0.2) is 23.1 Å². The van der Waals surface area contributed by atoms with Crippen LogP contribution in [0.15, 0.2) is 35.7 Å². The highest BCUT2D eigenvalue weighted by molar-refractivity contribution is 8.00. The van der Waals surface area contributed by atoms with E-state index >= 15 is 0 Å². The summed E-state index contributed by atoms with van der Waals surface area (Å²) in [4.78, 5) is 24.0. The average molecular weight is 320 g/mol. The maximum Gasteiger partial charge on any atom is 0.243 e. The standard InChI is InChI=1S/C17H24N2O2S/c1-6-15(20)18-10-9-16(21)19-14-8-7-13(11-12(14)2)22-17(3,4)5/h6-8,11H,1,9-10H2,2-5H3,(H,18,20)(H,19,21). The zero-order valence-electron chi connectivity index (χ0n) is 13.7. The van der Waals surface area contributed by atoms with Crippen LogP contribution in [0.2, 0.25) is 0 Å². The first-order valence-corrected chi connectivity index (χ1v) is 8.03. The Bertz CT molecular complexity index is 562. The normalized spacial score (nSPS) is 10.9. The van der Waals surface area contributed by atoms with E-state index in [4.69, 9.17) is 0 Å². The summed E-state index contributed by atoms with van der Waals surface area (Å²) in [6.45, 7) is 12.1. The van der Waals surface area contributed by atoms with Gasteiger partial charge in [0, 0.05) is 28.3 Å². The average Bonchev–Trinajstić information content (AvgIpc) is 2.40. The number of aryl methyl sites for hydroxylation is 1. The van der Waals surface area contributed by atoms with Gasteiger partial charge in [0.05, 0.1) is 0 Å². The SMILES string of the molecule is C=CC(=O)NCCC(=O)Nc1ccc(SC(C)(C)C)cc1C. The van der Waals surface area contributed by atoms with Crippen LogP contribution in [0.4, 0.5) is 5.69 Å². The van der Waals surface area contributed by atoms with Crippen LogP contribution in [0.25, 0.3) is 0 Å². The number of thioether (sulfide) groups is 1. The number of carbonyl (C=O) groups is 2. The minimum atomic E-state index is -0.271. The molecule has 2 amide bonds. The van der Waals surface area contributed by atoms with Gasteiger partial charge >= 0.3 is 0 Å². The Labute approximate surface area is 136 Å². The van der Waals surface area contributed by atoms with Gasteiger partial charge in [-0.05, 0) is 36.8 Å². The Kier molecular flexibility index (Phi) is 6.68. The number of benzene rings is 1. The van der Waals surface area contributed by atoms with Gasteiger partial charge in [0.15, 0.2) is 0 Å². The molecule has 0 saturated heterocycles. The van der Waals surface area contributed by atoms with Gasteiger partial charge in [-0.3, -0.25) is 9.59 Å². The molecule has 1 rings (SSSR count). The van der Waals surface area contributed by atoms with Crippen molar-refractivity contribution in [2.45, 2.75) is 43.8 Å². The second kappa shape index (κ2) is 8.03. The van der Waals surface area contributed by atoms with Gasteiger partial charge in [-0.1, -0.05) is 27.4 Å². The molecule has 1 aromatic rings. The molecule has 0 aliphatic rings.